The molecule has 2 aliphatic rings. The average molecular weight is 239 g/mol. The van der Waals surface area contributed by atoms with Crippen LogP contribution in [-0.4, -0.2) is 53.7 Å². The lowest BCUT2D eigenvalue weighted by atomic mass is 10.00. The Morgan fingerprint density at radius 2 is 1.82 bits per heavy atom. The molecule has 2 fully saturated rings. The first kappa shape index (κ1) is 12.0. The molecule has 0 radical (unpaired) electrons. The summed E-state index contributed by atoms with van der Waals surface area (Å²) in [6, 6.07) is 0. The Hall–Kier alpha value is -1.43. The molecule has 2 unspecified atom stereocenters. The number of likely N-dealkylation sites (tertiary alicyclic amines) is 2. The zero-order valence-corrected chi connectivity index (χ0v) is 9.89. The van der Waals surface area contributed by atoms with Gasteiger partial charge >= 0.3 is 0 Å². The summed E-state index contributed by atoms with van der Waals surface area (Å²) in [5, 5.41) is 0. The van der Waals surface area contributed by atoms with E-state index < -0.39 is 0 Å². The minimum atomic E-state index is -0.329. The lowest BCUT2D eigenvalue weighted by Gasteiger charge is -2.19. The third kappa shape index (κ3) is 1.82. The monoisotopic (exact) mass is 239 g/mol. The van der Waals surface area contributed by atoms with Crippen molar-refractivity contribution < 1.29 is 14.4 Å². The second-order valence-corrected chi connectivity index (χ2v) is 4.47. The van der Waals surface area contributed by atoms with Crippen molar-refractivity contribution in [3.63, 3.8) is 0 Å². The molecule has 2 saturated heterocycles. The van der Waals surface area contributed by atoms with Crippen molar-refractivity contribution in [3.8, 4) is 0 Å². The summed E-state index contributed by atoms with van der Waals surface area (Å²) in [4.78, 5) is 38.3. The van der Waals surface area contributed by atoms with E-state index in [-0.39, 0.29) is 36.0 Å². The van der Waals surface area contributed by atoms with Crippen LogP contribution in [0.4, 0.5) is 0 Å². The Balaban J connectivity index is 2.07. The fourth-order valence-corrected chi connectivity index (χ4v) is 2.61. The molecule has 0 bridgehead atoms. The highest BCUT2D eigenvalue weighted by Crippen LogP contribution is 2.33. The van der Waals surface area contributed by atoms with Gasteiger partial charge in [-0.25, -0.2) is 0 Å². The van der Waals surface area contributed by atoms with Crippen LogP contribution in [0.25, 0.3) is 0 Å². The van der Waals surface area contributed by atoms with Gasteiger partial charge < -0.3 is 10.6 Å². The molecule has 2 heterocycles. The zero-order valence-electron chi connectivity index (χ0n) is 9.89. The van der Waals surface area contributed by atoms with Crippen molar-refractivity contribution in [2.75, 3.05) is 26.2 Å². The molecular formula is C11H17N3O3. The number of hydrogen-bond acceptors (Lipinski definition) is 4. The third-order valence-electron chi connectivity index (χ3n) is 3.51. The smallest absolute Gasteiger partial charge is 0.234 e. The molecular weight excluding hydrogens is 222 g/mol. The fourth-order valence-electron chi connectivity index (χ4n) is 2.61. The minimum absolute atomic E-state index is 0.0643. The largest absolute Gasteiger partial charge is 0.341 e. The topological polar surface area (TPSA) is 83.7 Å². The molecule has 0 aromatic heterocycles. The summed E-state index contributed by atoms with van der Waals surface area (Å²) in [7, 11) is 0. The van der Waals surface area contributed by atoms with Gasteiger partial charge in [-0.3, -0.25) is 19.3 Å². The predicted octanol–water partition coefficient (Wildman–Crippen LogP) is -1.20. The minimum Gasteiger partial charge on any atom is -0.341 e. The maximum Gasteiger partial charge on any atom is 0.234 e. The van der Waals surface area contributed by atoms with Gasteiger partial charge in [0.05, 0.1) is 11.8 Å². The van der Waals surface area contributed by atoms with Crippen molar-refractivity contribution >= 4 is 17.7 Å². The molecule has 2 rings (SSSR count). The van der Waals surface area contributed by atoms with E-state index in [2.05, 4.69) is 0 Å². The van der Waals surface area contributed by atoms with Gasteiger partial charge in [0.25, 0.3) is 0 Å². The molecule has 0 saturated carbocycles. The average Bonchev–Trinajstić information content (AvgIpc) is 2.81. The number of imide groups is 1. The van der Waals surface area contributed by atoms with Gasteiger partial charge in [-0.05, 0) is 6.92 Å². The van der Waals surface area contributed by atoms with E-state index in [0.29, 0.717) is 26.2 Å². The Morgan fingerprint density at radius 1 is 1.29 bits per heavy atom. The lowest BCUT2D eigenvalue weighted by Crippen LogP contribution is -2.38. The van der Waals surface area contributed by atoms with Crippen LogP contribution in [0, 0.1) is 11.8 Å². The van der Waals surface area contributed by atoms with Crippen molar-refractivity contribution in [2.45, 2.75) is 13.3 Å². The number of rotatable bonds is 3. The van der Waals surface area contributed by atoms with E-state index in [0.717, 1.165) is 0 Å². The molecule has 6 heteroatoms. The Labute approximate surface area is 99.7 Å². The summed E-state index contributed by atoms with van der Waals surface area (Å²) in [5.74, 6) is -0.991. The van der Waals surface area contributed by atoms with Crippen molar-refractivity contribution in [2.24, 2.45) is 17.6 Å². The van der Waals surface area contributed by atoms with E-state index in [9.17, 15) is 14.4 Å². The summed E-state index contributed by atoms with van der Waals surface area (Å²) in [6.07, 6.45) is 0.277. The van der Waals surface area contributed by atoms with Crippen molar-refractivity contribution in [3.05, 3.63) is 0 Å². The molecule has 0 spiro atoms. The maximum atomic E-state index is 11.9. The van der Waals surface area contributed by atoms with Gasteiger partial charge in [0, 0.05) is 32.6 Å². The Morgan fingerprint density at radius 3 is 2.24 bits per heavy atom. The normalized spacial score (nSPS) is 27.9. The maximum absolute atomic E-state index is 11.9. The van der Waals surface area contributed by atoms with Gasteiger partial charge in [0.15, 0.2) is 0 Å². The Kier molecular flexibility index (Phi) is 3.15. The lowest BCUT2D eigenvalue weighted by molar-refractivity contribution is -0.140. The van der Waals surface area contributed by atoms with Crippen LogP contribution in [0.3, 0.4) is 0 Å². The van der Waals surface area contributed by atoms with E-state index in [1.807, 2.05) is 0 Å². The van der Waals surface area contributed by atoms with Gasteiger partial charge in [-0.15, -0.1) is 0 Å². The second kappa shape index (κ2) is 4.44. The van der Waals surface area contributed by atoms with E-state index in [1.165, 1.54) is 4.90 Å². The highest BCUT2D eigenvalue weighted by molar-refractivity contribution is 6.06. The number of nitrogens with zero attached hydrogens (tertiary/aromatic N) is 2. The standard InChI is InChI=1S/C11H17N3O3/c1-2-14-10(16)7-5-13(9(15)3-4-12)6-8(7)11(14)17/h7-8H,2-6,12H2,1H3. The first-order chi connectivity index (χ1) is 8.10. The molecule has 0 aromatic rings. The van der Waals surface area contributed by atoms with E-state index in [4.69, 9.17) is 5.73 Å². The molecule has 94 valence electrons. The summed E-state index contributed by atoms with van der Waals surface area (Å²) in [5.41, 5.74) is 5.32. The molecule has 3 amide bonds. The van der Waals surface area contributed by atoms with Crippen LogP contribution in [0.15, 0.2) is 0 Å². The Bertz CT molecular complexity index is 345. The molecule has 17 heavy (non-hydrogen) atoms. The number of carbonyl (C=O) groups excluding carboxylic acids is 3. The first-order valence-corrected chi connectivity index (χ1v) is 5.93. The second-order valence-electron chi connectivity index (χ2n) is 4.47. The van der Waals surface area contributed by atoms with Crippen molar-refractivity contribution in [1.82, 2.24) is 9.80 Å². The molecule has 2 N–H and O–H groups in total. The van der Waals surface area contributed by atoms with Gasteiger partial charge in [-0.2, -0.15) is 0 Å². The van der Waals surface area contributed by atoms with E-state index in [1.54, 1.807) is 11.8 Å². The zero-order chi connectivity index (χ0) is 12.6. The van der Waals surface area contributed by atoms with Crippen LogP contribution >= 0.6 is 0 Å². The molecule has 2 atom stereocenters. The first-order valence-electron chi connectivity index (χ1n) is 5.93. The van der Waals surface area contributed by atoms with Crippen LogP contribution in [0.1, 0.15) is 13.3 Å². The third-order valence-corrected chi connectivity index (χ3v) is 3.51. The van der Waals surface area contributed by atoms with Gasteiger partial charge in [-0.1, -0.05) is 0 Å². The van der Waals surface area contributed by atoms with Gasteiger partial charge in [0.2, 0.25) is 17.7 Å². The fraction of sp³-hybridized carbons (Fsp3) is 0.727. The number of fused-ring (bicyclic) bond motifs is 1. The van der Waals surface area contributed by atoms with Crippen LogP contribution in [0.5, 0.6) is 0 Å². The number of carbonyl (C=O) groups is 3. The van der Waals surface area contributed by atoms with Gasteiger partial charge in [0.1, 0.15) is 0 Å². The van der Waals surface area contributed by atoms with Crippen LogP contribution in [-0.2, 0) is 14.4 Å². The predicted molar refractivity (Wildman–Crippen MR) is 59.6 cm³/mol. The SMILES string of the molecule is CCN1C(=O)C2CN(C(=O)CCN)CC2C1=O. The summed E-state index contributed by atoms with van der Waals surface area (Å²) in [6.45, 7) is 3.23. The summed E-state index contributed by atoms with van der Waals surface area (Å²) >= 11 is 0. The van der Waals surface area contributed by atoms with Crippen LogP contribution in [0.2, 0.25) is 0 Å². The summed E-state index contributed by atoms with van der Waals surface area (Å²) < 4.78 is 0. The molecule has 2 aliphatic heterocycles. The molecule has 0 aliphatic carbocycles. The molecule has 0 aromatic carbocycles. The number of nitrogens with two attached hydrogens (primary N) is 1. The van der Waals surface area contributed by atoms with E-state index >= 15 is 0 Å². The number of hydrogen-bond donors (Lipinski definition) is 1. The quantitative estimate of drug-likeness (QED) is 0.627. The highest BCUT2D eigenvalue weighted by Gasteiger charge is 2.52. The van der Waals surface area contributed by atoms with Crippen LogP contribution < -0.4 is 5.73 Å². The van der Waals surface area contributed by atoms with Crippen molar-refractivity contribution in [1.29, 1.82) is 0 Å². The highest BCUT2D eigenvalue weighted by atomic mass is 16.2. The number of amides is 3. The molecule has 6 nitrogen and oxygen atoms in total.